The second kappa shape index (κ2) is 4.51. The zero-order chi connectivity index (χ0) is 13.3. The van der Waals surface area contributed by atoms with Gasteiger partial charge in [0.2, 0.25) is 9.84 Å². The van der Waals surface area contributed by atoms with Gasteiger partial charge in [0, 0.05) is 0 Å². The molecule has 0 saturated heterocycles. The summed E-state index contributed by atoms with van der Waals surface area (Å²) >= 11 is 5.68. The first-order chi connectivity index (χ1) is 8.43. The molecular formula is C12H9ClO4S. The van der Waals surface area contributed by atoms with E-state index in [9.17, 15) is 13.5 Å². The molecular weight excluding hydrogens is 276 g/mol. The maximum absolute atomic E-state index is 12.2. The molecule has 0 aromatic heterocycles. The average molecular weight is 285 g/mol. The van der Waals surface area contributed by atoms with E-state index in [0.717, 1.165) is 0 Å². The number of phenolic OH excluding ortho intramolecular Hbond substituents is 2. The fourth-order valence-corrected chi connectivity index (χ4v) is 3.07. The lowest BCUT2D eigenvalue weighted by Crippen LogP contribution is -2.02. The second-order valence-corrected chi connectivity index (χ2v) is 5.91. The summed E-state index contributed by atoms with van der Waals surface area (Å²) in [6.07, 6.45) is 0. The predicted octanol–water partition coefficient (Wildman–Crippen LogP) is 2.58. The molecule has 0 aliphatic rings. The first kappa shape index (κ1) is 12.7. The summed E-state index contributed by atoms with van der Waals surface area (Å²) in [5.74, 6) is -0.517. The van der Waals surface area contributed by atoms with Gasteiger partial charge in [-0.15, -0.1) is 0 Å². The highest BCUT2D eigenvalue weighted by molar-refractivity contribution is 7.91. The van der Waals surface area contributed by atoms with Crippen LogP contribution < -0.4 is 0 Å². The summed E-state index contributed by atoms with van der Waals surface area (Å²) in [6.45, 7) is 0. The standard InChI is InChI=1S/C12H9ClO4S/c13-10-2-1-3-11(12(10)15)18(16,17)9-6-4-8(14)5-7-9/h1-7,14-15H. The largest absolute Gasteiger partial charge is 0.508 e. The number of sulfone groups is 1. The van der Waals surface area contributed by atoms with Crippen molar-refractivity contribution in [3.63, 3.8) is 0 Å². The summed E-state index contributed by atoms with van der Waals surface area (Å²) in [4.78, 5) is -0.293. The molecule has 0 heterocycles. The number of phenols is 2. The van der Waals surface area contributed by atoms with E-state index < -0.39 is 15.6 Å². The number of halogens is 1. The van der Waals surface area contributed by atoms with Gasteiger partial charge in [-0.05, 0) is 36.4 Å². The van der Waals surface area contributed by atoms with Gasteiger partial charge in [0.1, 0.15) is 10.6 Å². The van der Waals surface area contributed by atoms with E-state index in [1.54, 1.807) is 0 Å². The topological polar surface area (TPSA) is 74.6 Å². The summed E-state index contributed by atoms with van der Waals surface area (Å²) in [5, 5.41) is 18.8. The van der Waals surface area contributed by atoms with Crippen LogP contribution in [-0.2, 0) is 9.84 Å². The Morgan fingerprint density at radius 3 is 2.17 bits per heavy atom. The SMILES string of the molecule is O=S(=O)(c1ccc(O)cc1)c1cccc(Cl)c1O. The minimum atomic E-state index is -3.85. The average Bonchev–Trinajstić information content (AvgIpc) is 2.33. The van der Waals surface area contributed by atoms with Crippen LogP contribution in [0.2, 0.25) is 5.02 Å². The van der Waals surface area contributed by atoms with Crippen LogP contribution in [0.3, 0.4) is 0 Å². The van der Waals surface area contributed by atoms with Crippen molar-refractivity contribution in [3.05, 3.63) is 47.5 Å². The van der Waals surface area contributed by atoms with Crippen LogP contribution in [0.25, 0.3) is 0 Å². The van der Waals surface area contributed by atoms with Crippen LogP contribution in [0, 0.1) is 0 Å². The van der Waals surface area contributed by atoms with Crippen molar-refractivity contribution in [2.75, 3.05) is 0 Å². The van der Waals surface area contributed by atoms with Crippen molar-refractivity contribution in [2.24, 2.45) is 0 Å². The van der Waals surface area contributed by atoms with Gasteiger partial charge >= 0.3 is 0 Å². The first-order valence-electron chi connectivity index (χ1n) is 4.94. The smallest absolute Gasteiger partial charge is 0.210 e. The van der Waals surface area contributed by atoms with Gasteiger partial charge in [0.05, 0.1) is 9.92 Å². The van der Waals surface area contributed by atoms with Gasteiger partial charge in [0.15, 0.2) is 5.75 Å². The molecule has 2 rings (SSSR count). The number of aromatic hydroxyl groups is 2. The van der Waals surface area contributed by atoms with Crippen LogP contribution in [0.1, 0.15) is 0 Å². The van der Waals surface area contributed by atoms with E-state index in [0.29, 0.717) is 0 Å². The summed E-state index contributed by atoms with van der Waals surface area (Å²) in [6, 6.07) is 9.13. The lowest BCUT2D eigenvalue weighted by Gasteiger charge is -2.07. The highest BCUT2D eigenvalue weighted by atomic mass is 35.5. The van der Waals surface area contributed by atoms with Crippen molar-refractivity contribution >= 4 is 21.4 Å². The molecule has 6 heteroatoms. The third-order valence-corrected chi connectivity index (χ3v) is 4.49. The monoisotopic (exact) mass is 284 g/mol. The van der Waals surface area contributed by atoms with E-state index in [1.165, 1.54) is 42.5 Å². The fraction of sp³-hybridized carbons (Fsp3) is 0. The van der Waals surface area contributed by atoms with Crippen molar-refractivity contribution in [2.45, 2.75) is 9.79 Å². The Kier molecular flexibility index (Phi) is 3.19. The molecule has 0 aliphatic heterocycles. The molecule has 0 radical (unpaired) electrons. The quantitative estimate of drug-likeness (QED) is 0.889. The molecule has 0 atom stereocenters. The minimum Gasteiger partial charge on any atom is -0.508 e. The Labute approximate surface area is 109 Å². The second-order valence-electron chi connectivity index (χ2n) is 3.58. The van der Waals surface area contributed by atoms with Gasteiger partial charge < -0.3 is 10.2 Å². The van der Waals surface area contributed by atoms with Gasteiger partial charge in [-0.3, -0.25) is 0 Å². The van der Waals surface area contributed by atoms with Crippen LogP contribution in [0.4, 0.5) is 0 Å². The molecule has 0 fully saturated rings. The molecule has 2 aromatic rings. The Hall–Kier alpha value is -1.72. The highest BCUT2D eigenvalue weighted by Crippen LogP contribution is 2.34. The molecule has 2 aromatic carbocycles. The van der Waals surface area contributed by atoms with Gasteiger partial charge in [0.25, 0.3) is 0 Å². The molecule has 0 aliphatic carbocycles. The van der Waals surface area contributed by atoms with Crippen LogP contribution in [0.15, 0.2) is 52.3 Å². The summed E-state index contributed by atoms with van der Waals surface area (Å²) in [5.41, 5.74) is 0. The van der Waals surface area contributed by atoms with Crippen LogP contribution in [0.5, 0.6) is 11.5 Å². The molecule has 2 N–H and O–H groups in total. The molecule has 0 amide bonds. The number of hydrogen-bond acceptors (Lipinski definition) is 4. The van der Waals surface area contributed by atoms with Crippen LogP contribution in [-0.4, -0.2) is 18.6 Å². The van der Waals surface area contributed by atoms with E-state index in [4.69, 9.17) is 16.7 Å². The molecule has 0 saturated carbocycles. The Balaban J connectivity index is 2.62. The summed E-state index contributed by atoms with van der Waals surface area (Å²) < 4.78 is 24.4. The lowest BCUT2D eigenvalue weighted by molar-refractivity contribution is 0.459. The first-order valence-corrected chi connectivity index (χ1v) is 6.80. The van der Waals surface area contributed by atoms with Crippen molar-refractivity contribution in [1.82, 2.24) is 0 Å². The van der Waals surface area contributed by atoms with E-state index in [-0.39, 0.29) is 20.6 Å². The van der Waals surface area contributed by atoms with Gasteiger partial charge in [-0.2, -0.15) is 0 Å². The molecule has 0 bridgehead atoms. The molecule has 94 valence electrons. The van der Waals surface area contributed by atoms with Gasteiger partial charge in [-0.1, -0.05) is 17.7 Å². The van der Waals surface area contributed by atoms with Crippen molar-refractivity contribution < 1.29 is 18.6 Å². The predicted molar refractivity (Wildman–Crippen MR) is 66.7 cm³/mol. The number of para-hydroxylation sites is 1. The zero-order valence-electron chi connectivity index (χ0n) is 9.04. The maximum atomic E-state index is 12.2. The molecule has 0 spiro atoms. The van der Waals surface area contributed by atoms with Gasteiger partial charge in [-0.25, -0.2) is 8.42 Å². The maximum Gasteiger partial charge on any atom is 0.210 e. The van der Waals surface area contributed by atoms with Crippen molar-refractivity contribution in [1.29, 1.82) is 0 Å². The normalized spacial score (nSPS) is 11.4. The minimum absolute atomic E-state index is 0.0298. The number of rotatable bonds is 2. The van der Waals surface area contributed by atoms with Crippen LogP contribution >= 0.6 is 11.6 Å². The van der Waals surface area contributed by atoms with E-state index >= 15 is 0 Å². The fourth-order valence-electron chi connectivity index (χ4n) is 1.46. The Bertz CT molecular complexity index is 678. The zero-order valence-corrected chi connectivity index (χ0v) is 10.6. The highest BCUT2D eigenvalue weighted by Gasteiger charge is 2.22. The molecule has 18 heavy (non-hydrogen) atoms. The third-order valence-electron chi connectivity index (χ3n) is 2.39. The molecule has 4 nitrogen and oxygen atoms in total. The number of hydrogen-bond donors (Lipinski definition) is 2. The summed E-state index contributed by atoms with van der Waals surface area (Å²) in [7, 11) is -3.85. The Morgan fingerprint density at radius 1 is 0.944 bits per heavy atom. The van der Waals surface area contributed by atoms with Crippen molar-refractivity contribution in [3.8, 4) is 11.5 Å². The van der Waals surface area contributed by atoms with E-state index in [1.807, 2.05) is 0 Å². The molecule has 0 unspecified atom stereocenters. The third kappa shape index (κ3) is 2.14. The lowest BCUT2D eigenvalue weighted by atomic mass is 10.3. The Morgan fingerprint density at radius 2 is 1.56 bits per heavy atom. The van der Waals surface area contributed by atoms with E-state index in [2.05, 4.69) is 0 Å². The number of benzene rings is 2.